The molecule has 0 fully saturated rings. The third-order valence-electron chi connectivity index (χ3n) is 2.20. The molecule has 6 nitrogen and oxygen atoms in total. The molecule has 0 radical (unpaired) electrons. The molecule has 0 aliphatic heterocycles. The molecule has 0 aliphatic rings. The zero-order valence-electron chi connectivity index (χ0n) is 10.9. The minimum absolute atomic E-state index is 0.446. The Kier molecular flexibility index (Phi) is 7.49. The van der Waals surface area contributed by atoms with Crippen LogP contribution in [0.25, 0.3) is 0 Å². The molecule has 6 heteroatoms. The Morgan fingerprint density at radius 1 is 1.06 bits per heavy atom. The van der Waals surface area contributed by atoms with Crippen LogP contribution in [0.2, 0.25) is 0 Å². The third kappa shape index (κ3) is 5.14. The van der Waals surface area contributed by atoms with Crippen molar-refractivity contribution < 1.29 is 28.5 Å². The maximum absolute atomic E-state index is 11.5. The first-order valence-electron chi connectivity index (χ1n) is 5.40. The van der Waals surface area contributed by atoms with Gasteiger partial charge in [-0.3, -0.25) is 4.79 Å². The van der Waals surface area contributed by atoms with Crippen LogP contribution >= 0.6 is 0 Å². The highest BCUT2D eigenvalue weighted by Gasteiger charge is 2.34. The molecular weight excluding hydrogens is 228 g/mol. The number of hydrogen-bond acceptors (Lipinski definition) is 6. The fourth-order valence-corrected chi connectivity index (χ4v) is 1.28. The smallest absolute Gasteiger partial charge is 0.336 e. The van der Waals surface area contributed by atoms with Gasteiger partial charge < -0.3 is 18.9 Å². The molecule has 0 aromatic rings. The molecule has 17 heavy (non-hydrogen) atoms. The first-order chi connectivity index (χ1) is 7.97. The van der Waals surface area contributed by atoms with Gasteiger partial charge in [0, 0.05) is 6.61 Å². The lowest BCUT2D eigenvalue weighted by molar-refractivity contribution is -0.197. The molecule has 0 aromatic heterocycles. The molecule has 0 amide bonds. The van der Waals surface area contributed by atoms with Crippen molar-refractivity contribution in [3.05, 3.63) is 0 Å². The van der Waals surface area contributed by atoms with Gasteiger partial charge in [-0.25, -0.2) is 4.79 Å². The van der Waals surface area contributed by atoms with Crippen molar-refractivity contribution in [3.8, 4) is 0 Å². The van der Waals surface area contributed by atoms with E-state index in [-0.39, 0.29) is 0 Å². The molecule has 0 aromatic carbocycles. The van der Waals surface area contributed by atoms with Crippen molar-refractivity contribution in [1.29, 1.82) is 0 Å². The summed E-state index contributed by atoms with van der Waals surface area (Å²) in [5.41, 5.74) is 0. The SMILES string of the molecule is CCOC(C)OC(C(=O)OC)C(C)C(=O)OC. The van der Waals surface area contributed by atoms with Gasteiger partial charge in [-0.1, -0.05) is 0 Å². The zero-order chi connectivity index (χ0) is 13.4. The van der Waals surface area contributed by atoms with Crippen LogP contribution in [0.4, 0.5) is 0 Å². The second-order valence-electron chi connectivity index (χ2n) is 3.41. The van der Waals surface area contributed by atoms with Crippen molar-refractivity contribution in [3.63, 3.8) is 0 Å². The zero-order valence-corrected chi connectivity index (χ0v) is 10.9. The summed E-state index contributed by atoms with van der Waals surface area (Å²) in [7, 11) is 2.48. The Labute approximate surface area is 101 Å². The van der Waals surface area contributed by atoms with Crippen LogP contribution in [0.1, 0.15) is 20.8 Å². The number of hydrogen-bond donors (Lipinski definition) is 0. The maximum Gasteiger partial charge on any atom is 0.336 e. The first kappa shape index (κ1) is 15.9. The van der Waals surface area contributed by atoms with Gasteiger partial charge in [0.1, 0.15) is 0 Å². The summed E-state index contributed by atoms with van der Waals surface area (Å²) >= 11 is 0. The minimum Gasteiger partial charge on any atom is -0.469 e. The summed E-state index contributed by atoms with van der Waals surface area (Å²) in [5, 5.41) is 0. The molecule has 0 aliphatic carbocycles. The lowest BCUT2D eigenvalue weighted by Gasteiger charge is -2.23. The van der Waals surface area contributed by atoms with Gasteiger partial charge in [0.25, 0.3) is 0 Å². The average Bonchev–Trinajstić information content (AvgIpc) is 2.33. The van der Waals surface area contributed by atoms with E-state index in [0.717, 1.165) is 0 Å². The standard InChI is InChI=1S/C11H20O6/c1-6-16-8(3)17-9(11(13)15-5)7(2)10(12)14-4/h7-9H,6H2,1-5H3. The van der Waals surface area contributed by atoms with Gasteiger partial charge in [0.2, 0.25) is 0 Å². The number of esters is 2. The lowest BCUT2D eigenvalue weighted by atomic mass is 10.1. The molecule has 0 saturated carbocycles. The topological polar surface area (TPSA) is 71.1 Å². The Bertz CT molecular complexity index is 252. The predicted molar refractivity (Wildman–Crippen MR) is 59.2 cm³/mol. The molecular formula is C11H20O6. The van der Waals surface area contributed by atoms with Crippen LogP contribution in [0, 0.1) is 5.92 Å². The van der Waals surface area contributed by atoms with Crippen molar-refractivity contribution >= 4 is 11.9 Å². The van der Waals surface area contributed by atoms with Crippen LogP contribution in [0.5, 0.6) is 0 Å². The molecule has 3 atom stereocenters. The Morgan fingerprint density at radius 3 is 2.00 bits per heavy atom. The van der Waals surface area contributed by atoms with Gasteiger partial charge in [-0.05, 0) is 20.8 Å². The molecule has 0 saturated heterocycles. The van der Waals surface area contributed by atoms with Crippen LogP contribution in [-0.2, 0) is 28.5 Å². The van der Waals surface area contributed by atoms with Crippen molar-refractivity contribution in [2.75, 3.05) is 20.8 Å². The van der Waals surface area contributed by atoms with E-state index in [1.165, 1.54) is 21.1 Å². The van der Waals surface area contributed by atoms with Gasteiger partial charge in [0.05, 0.1) is 20.1 Å². The van der Waals surface area contributed by atoms with Crippen molar-refractivity contribution in [1.82, 2.24) is 0 Å². The molecule has 0 bridgehead atoms. The molecule has 3 unspecified atom stereocenters. The van der Waals surface area contributed by atoms with E-state index in [0.29, 0.717) is 6.61 Å². The summed E-state index contributed by atoms with van der Waals surface area (Å²) < 4.78 is 19.6. The van der Waals surface area contributed by atoms with Gasteiger partial charge in [0.15, 0.2) is 12.4 Å². The second-order valence-corrected chi connectivity index (χ2v) is 3.41. The van der Waals surface area contributed by atoms with Crippen molar-refractivity contribution in [2.24, 2.45) is 5.92 Å². The number of rotatable bonds is 7. The summed E-state index contributed by atoms with van der Waals surface area (Å²) in [6.45, 7) is 5.42. The number of carbonyl (C=O) groups is 2. The number of methoxy groups -OCH3 is 2. The van der Waals surface area contributed by atoms with Crippen LogP contribution in [-0.4, -0.2) is 45.2 Å². The normalized spacial score (nSPS) is 15.8. The predicted octanol–water partition coefficient (Wildman–Crippen LogP) is 0.736. The largest absolute Gasteiger partial charge is 0.469 e. The van der Waals surface area contributed by atoms with Crippen LogP contribution in [0.3, 0.4) is 0 Å². The van der Waals surface area contributed by atoms with E-state index >= 15 is 0 Å². The van der Waals surface area contributed by atoms with Gasteiger partial charge in [-0.15, -0.1) is 0 Å². The summed E-state index contributed by atoms with van der Waals surface area (Å²) in [4.78, 5) is 22.9. The van der Waals surface area contributed by atoms with Gasteiger partial charge >= 0.3 is 11.9 Å². The monoisotopic (exact) mass is 248 g/mol. The van der Waals surface area contributed by atoms with E-state index in [2.05, 4.69) is 9.47 Å². The fraction of sp³-hybridized carbons (Fsp3) is 0.818. The summed E-state index contributed by atoms with van der Waals surface area (Å²) in [5.74, 6) is -1.92. The van der Waals surface area contributed by atoms with Crippen LogP contribution in [0.15, 0.2) is 0 Å². The van der Waals surface area contributed by atoms with E-state index in [1.807, 2.05) is 0 Å². The van der Waals surface area contributed by atoms with Crippen LogP contribution < -0.4 is 0 Å². The summed E-state index contributed by atoms with van der Waals surface area (Å²) in [6, 6.07) is 0. The maximum atomic E-state index is 11.5. The van der Waals surface area contributed by atoms with Gasteiger partial charge in [-0.2, -0.15) is 0 Å². The number of ether oxygens (including phenoxy) is 4. The third-order valence-corrected chi connectivity index (χ3v) is 2.20. The summed E-state index contributed by atoms with van der Waals surface area (Å²) in [6.07, 6.45) is -1.63. The fourth-order valence-electron chi connectivity index (χ4n) is 1.28. The van der Waals surface area contributed by atoms with E-state index < -0.39 is 30.3 Å². The highest BCUT2D eigenvalue weighted by atomic mass is 16.7. The van der Waals surface area contributed by atoms with E-state index in [1.54, 1.807) is 13.8 Å². The molecule has 0 heterocycles. The Morgan fingerprint density at radius 2 is 1.59 bits per heavy atom. The highest BCUT2D eigenvalue weighted by Crippen LogP contribution is 2.14. The first-order valence-corrected chi connectivity index (χ1v) is 5.40. The quantitative estimate of drug-likeness (QED) is 0.489. The number of carbonyl (C=O) groups excluding carboxylic acids is 2. The minimum atomic E-state index is -1.03. The second kappa shape index (κ2) is 8.03. The van der Waals surface area contributed by atoms with E-state index in [4.69, 9.17) is 9.47 Å². The highest BCUT2D eigenvalue weighted by molar-refractivity contribution is 5.83. The molecule has 0 rings (SSSR count). The lowest BCUT2D eigenvalue weighted by Crippen LogP contribution is -2.39. The Hall–Kier alpha value is -1.14. The van der Waals surface area contributed by atoms with E-state index in [9.17, 15) is 9.59 Å². The average molecular weight is 248 g/mol. The molecule has 100 valence electrons. The molecule has 0 spiro atoms. The van der Waals surface area contributed by atoms with Crippen molar-refractivity contribution in [2.45, 2.75) is 33.2 Å². The Balaban J connectivity index is 4.64. The molecule has 0 N–H and O–H groups in total.